The summed E-state index contributed by atoms with van der Waals surface area (Å²) in [6, 6.07) is 19.5. The van der Waals surface area contributed by atoms with E-state index in [1.807, 2.05) is 30.3 Å². The third-order valence-corrected chi connectivity index (χ3v) is 5.95. The Morgan fingerprint density at radius 3 is 2.00 bits per heavy atom. The summed E-state index contributed by atoms with van der Waals surface area (Å²) in [7, 11) is 3.09. The SMILES string of the molecule is COc1cccc([C@@H]2[C@@H](N3C(=O)c4ccccc4C3=O)C(=O)N2c2ccccc2OC)c1. The number of carbonyl (C=O) groups is 3. The number of hydrogen-bond acceptors (Lipinski definition) is 5. The van der Waals surface area contributed by atoms with Gasteiger partial charge in [-0.15, -0.1) is 0 Å². The Morgan fingerprint density at radius 2 is 1.34 bits per heavy atom. The molecule has 2 aliphatic rings. The summed E-state index contributed by atoms with van der Waals surface area (Å²) in [6.45, 7) is 0. The zero-order valence-electron chi connectivity index (χ0n) is 17.5. The van der Waals surface area contributed by atoms with Crippen LogP contribution in [0.4, 0.5) is 5.69 Å². The minimum Gasteiger partial charge on any atom is -0.497 e. The summed E-state index contributed by atoms with van der Waals surface area (Å²) in [5.74, 6) is -0.137. The van der Waals surface area contributed by atoms with E-state index in [9.17, 15) is 14.4 Å². The van der Waals surface area contributed by atoms with Gasteiger partial charge in [0.05, 0.1) is 37.1 Å². The molecule has 0 spiro atoms. The maximum absolute atomic E-state index is 13.5. The largest absolute Gasteiger partial charge is 0.497 e. The second-order valence-electron chi connectivity index (χ2n) is 7.57. The summed E-state index contributed by atoms with van der Waals surface area (Å²) >= 11 is 0. The number of methoxy groups -OCH3 is 2. The van der Waals surface area contributed by atoms with E-state index in [1.165, 1.54) is 7.11 Å². The molecule has 1 saturated heterocycles. The lowest BCUT2D eigenvalue weighted by Crippen LogP contribution is -2.67. The predicted octanol–water partition coefficient (Wildman–Crippen LogP) is 3.46. The first kappa shape index (κ1) is 19.8. The first-order chi connectivity index (χ1) is 15.6. The third-order valence-electron chi connectivity index (χ3n) is 5.95. The topological polar surface area (TPSA) is 76.2 Å². The number of para-hydroxylation sites is 2. The molecule has 1 fully saturated rings. The number of β-lactam (4-membered cyclic amide) rings is 1. The molecule has 0 radical (unpaired) electrons. The van der Waals surface area contributed by atoms with Crippen LogP contribution in [0.25, 0.3) is 0 Å². The van der Waals surface area contributed by atoms with E-state index < -0.39 is 23.9 Å². The standard InChI is InChI=1S/C25H20N2O5/c1-31-16-9-7-8-15(14-16)21-22(25(30)26(21)19-12-5-6-13-20(19)32-2)27-23(28)17-10-3-4-11-18(17)24(27)29/h3-14,21-22H,1-2H3/t21-,22-/m1/s1. The Labute approximate surface area is 184 Å². The highest BCUT2D eigenvalue weighted by atomic mass is 16.5. The van der Waals surface area contributed by atoms with Crippen LogP contribution in [0.2, 0.25) is 0 Å². The molecule has 5 rings (SSSR count). The van der Waals surface area contributed by atoms with Gasteiger partial charge in [0, 0.05) is 0 Å². The van der Waals surface area contributed by atoms with Gasteiger partial charge in [-0.2, -0.15) is 0 Å². The van der Waals surface area contributed by atoms with Gasteiger partial charge in [-0.25, -0.2) is 0 Å². The fourth-order valence-electron chi connectivity index (χ4n) is 4.44. The van der Waals surface area contributed by atoms with E-state index in [2.05, 4.69) is 0 Å². The van der Waals surface area contributed by atoms with Crippen LogP contribution in [-0.2, 0) is 4.79 Å². The highest BCUT2D eigenvalue weighted by Crippen LogP contribution is 2.47. The molecule has 0 saturated carbocycles. The molecule has 2 heterocycles. The maximum Gasteiger partial charge on any atom is 0.262 e. The Balaban J connectivity index is 1.62. The molecule has 2 atom stereocenters. The molecule has 32 heavy (non-hydrogen) atoms. The molecule has 0 aromatic heterocycles. The number of rotatable bonds is 5. The normalized spacial score (nSPS) is 19.6. The smallest absolute Gasteiger partial charge is 0.262 e. The van der Waals surface area contributed by atoms with Gasteiger partial charge in [-0.05, 0) is 42.0 Å². The van der Waals surface area contributed by atoms with E-state index in [0.717, 1.165) is 10.5 Å². The third kappa shape index (κ3) is 2.78. The Bertz CT molecular complexity index is 1220. The molecule has 3 aromatic rings. The molecule has 3 aromatic carbocycles. The van der Waals surface area contributed by atoms with Crippen molar-refractivity contribution in [1.82, 2.24) is 4.90 Å². The van der Waals surface area contributed by atoms with E-state index in [-0.39, 0.29) is 5.91 Å². The van der Waals surface area contributed by atoms with Crippen molar-refractivity contribution in [3.8, 4) is 11.5 Å². The second kappa shape index (κ2) is 7.53. The molecule has 0 aliphatic carbocycles. The molecular weight excluding hydrogens is 408 g/mol. The Hall–Kier alpha value is -4.13. The highest BCUT2D eigenvalue weighted by molar-refractivity contribution is 6.24. The number of ether oxygens (including phenoxy) is 2. The predicted molar refractivity (Wildman–Crippen MR) is 117 cm³/mol. The van der Waals surface area contributed by atoms with E-state index in [4.69, 9.17) is 9.47 Å². The number of carbonyl (C=O) groups excluding carboxylic acids is 3. The molecule has 7 heteroatoms. The highest BCUT2D eigenvalue weighted by Gasteiger charge is 2.57. The van der Waals surface area contributed by atoms with Crippen LogP contribution in [0.1, 0.15) is 32.3 Å². The average Bonchev–Trinajstić information content (AvgIpc) is 3.08. The number of benzene rings is 3. The van der Waals surface area contributed by atoms with Gasteiger partial charge >= 0.3 is 0 Å². The quantitative estimate of drug-likeness (QED) is 0.460. The lowest BCUT2D eigenvalue weighted by Gasteiger charge is -2.50. The fourth-order valence-corrected chi connectivity index (χ4v) is 4.44. The van der Waals surface area contributed by atoms with Gasteiger partial charge in [0.1, 0.15) is 17.5 Å². The van der Waals surface area contributed by atoms with Crippen molar-refractivity contribution in [2.75, 3.05) is 19.1 Å². The van der Waals surface area contributed by atoms with Crippen LogP contribution in [0, 0.1) is 0 Å². The minimum atomic E-state index is -0.973. The lowest BCUT2D eigenvalue weighted by molar-refractivity contribution is -0.130. The van der Waals surface area contributed by atoms with Gasteiger partial charge in [0.25, 0.3) is 17.7 Å². The summed E-state index contributed by atoms with van der Waals surface area (Å²) in [5.41, 5.74) is 1.94. The van der Waals surface area contributed by atoms with Crippen LogP contribution in [0.5, 0.6) is 11.5 Å². The van der Waals surface area contributed by atoms with Crippen molar-refractivity contribution in [3.63, 3.8) is 0 Å². The number of nitrogens with zero attached hydrogens (tertiary/aromatic N) is 2. The zero-order chi connectivity index (χ0) is 22.4. The maximum atomic E-state index is 13.5. The van der Waals surface area contributed by atoms with Gasteiger partial charge in [-0.1, -0.05) is 36.4 Å². The molecule has 3 amide bonds. The number of fused-ring (bicyclic) bond motifs is 1. The second-order valence-corrected chi connectivity index (χ2v) is 7.57. The summed E-state index contributed by atoms with van der Waals surface area (Å²) < 4.78 is 10.8. The molecule has 2 aliphatic heterocycles. The molecule has 7 nitrogen and oxygen atoms in total. The van der Waals surface area contributed by atoms with Gasteiger partial charge in [0.15, 0.2) is 0 Å². The van der Waals surface area contributed by atoms with Crippen LogP contribution in [0.3, 0.4) is 0 Å². The average molecular weight is 428 g/mol. The summed E-state index contributed by atoms with van der Waals surface area (Å²) in [6.07, 6.45) is 0. The van der Waals surface area contributed by atoms with Crippen molar-refractivity contribution in [2.24, 2.45) is 0 Å². The zero-order valence-corrected chi connectivity index (χ0v) is 17.5. The number of imide groups is 1. The lowest BCUT2D eigenvalue weighted by atomic mass is 9.86. The molecule has 0 unspecified atom stereocenters. The van der Waals surface area contributed by atoms with Crippen molar-refractivity contribution < 1.29 is 23.9 Å². The van der Waals surface area contributed by atoms with Gasteiger partial charge < -0.3 is 9.47 Å². The van der Waals surface area contributed by atoms with Gasteiger partial charge in [0.2, 0.25) is 0 Å². The molecule has 0 bridgehead atoms. The van der Waals surface area contributed by atoms with Crippen molar-refractivity contribution in [3.05, 3.63) is 89.5 Å². The van der Waals surface area contributed by atoms with E-state index in [0.29, 0.717) is 28.3 Å². The molecular formula is C25H20N2O5. The first-order valence-electron chi connectivity index (χ1n) is 10.1. The fraction of sp³-hybridized carbons (Fsp3) is 0.160. The van der Waals surface area contributed by atoms with Crippen LogP contribution in [-0.4, -0.2) is 42.9 Å². The summed E-state index contributed by atoms with van der Waals surface area (Å²) in [5, 5.41) is 0. The van der Waals surface area contributed by atoms with E-state index >= 15 is 0 Å². The van der Waals surface area contributed by atoms with Crippen LogP contribution >= 0.6 is 0 Å². The van der Waals surface area contributed by atoms with Crippen molar-refractivity contribution in [1.29, 1.82) is 0 Å². The summed E-state index contributed by atoms with van der Waals surface area (Å²) in [4.78, 5) is 42.4. The molecule has 160 valence electrons. The monoisotopic (exact) mass is 428 g/mol. The van der Waals surface area contributed by atoms with Crippen molar-refractivity contribution >= 4 is 23.4 Å². The number of anilines is 1. The first-order valence-corrected chi connectivity index (χ1v) is 10.1. The van der Waals surface area contributed by atoms with Crippen LogP contribution in [0.15, 0.2) is 72.8 Å². The molecule has 0 N–H and O–H groups in total. The van der Waals surface area contributed by atoms with Crippen LogP contribution < -0.4 is 14.4 Å². The number of hydrogen-bond donors (Lipinski definition) is 0. The van der Waals surface area contributed by atoms with E-state index in [1.54, 1.807) is 54.5 Å². The Morgan fingerprint density at radius 1 is 0.688 bits per heavy atom. The van der Waals surface area contributed by atoms with Crippen molar-refractivity contribution in [2.45, 2.75) is 12.1 Å². The number of amides is 3. The van der Waals surface area contributed by atoms with Gasteiger partial charge in [-0.3, -0.25) is 24.2 Å². The Kier molecular flexibility index (Phi) is 4.66. The minimum absolute atomic E-state index is 0.311.